The Balaban J connectivity index is 1.35. The summed E-state index contributed by atoms with van der Waals surface area (Å²) in [6.07, 6.45) is 2.03. The van der Waals surface area contributed by atoms with Gasteiger partial charge in [-0.1, -0.05) is 133 Å². The molecular weight excluding hydrogens is 633 g/mol. The Bertz CT molecular complexity index is 2620. The molecule has 0 unspecified atom stereocenters. The van der Waals surface area contributed by atoms with Gasteiger partial charge in [-0.3, -0.25) is 0 Å². The number of hydrogen-bond acceptors (Lipinski definition) is 3. The summed E-state index contributed by atoms with van der Waals surface area (Å²) in [5.74, 6) is 0. The number of rotatable bonds is 8. The summed E-state index contributed by atoms with van der Waals surface area (Å²) in [6.45, 7) is 2.00. The molecule has 8 aromatic rings. The van der Waals surface area contributed by atoms with Gasteiger partial charge in [-0.15, -0.1) is 0 Å². The van der Waals surface area contributed by atoms with Crippen LogP contribution in [0.4, 0.5) is 11.4 Å². The zero-order chi connectivity index (χ0) is 35.4. The molecule has 0 atom stereocenters. The fraction of sp³-hybridized carbons (Fsp3) is 0.0417. The van der Waals surface area contributed by atoms with Crippen molar-refractivity contribution in [2.75, 3.05) is 4.90 Å². The number of allylic oxidation sites excluding steroid dienone is 4. The molecule has 7 aromatic carbocycles. The van der Waals surface area contributed by atoms with Crippen molar-refractivity contribution in [3.63, 3.8) is 0 Å². The second-order valence-electron chi connectivity index (χ2n) is 12.7. The van der Waals surface area contributed by atoms with E-state index in [4.69, 9.17) is 0 Å². The molecule has 246 valence electrons. The molecule has 0 saturated carbocycles. The smallest absolute Gasteiger partial charge is 0.103 e. The minimum absolute atomic E-state index is 0.146. The van der Waals surface area contributed by atoms with Gasteiger partial charge in [-0.25, -0.2) is 0 Å². The molecule has 4 heteroatoms. The predicted octanol–water partition coefficient (Wildman–Crippen LogP) is 12.7. The highest BCUT2D eigenvalue weighted by atomic mass is 15.2. The zero-order valence-electron chi connectivity index (χ0n) is 28.7. The lowest BCUT2D eigenvalue weighted by atomic mass is 10.0. The lowest BCUT2D eigenvalue weighted by Gasteiger charge is -2.28. The normalized spacial score (nSPS) is 12.0. The van der Waals surface area contributed by atoms with Crippen LogP contribution in [0.25, 0.3) is 60.5 Å². The summed E-state index contributed by atoms with van der Waals surface area (Å²) in [6, 6.07) is 63.5. The maximum Gasteiger partial charge on any atom is 0.103 e. The van der Waals surface area contributed by atoms with Crippen LogP contribution in [0, 0.1) is 22.7 Å². The van der Waals surface area contributed by atoms with Gasteiger partial charge in [-0.2, -0.15) is 10.5 Å². The molecular formula is C48H34N4. The maximum absolute atomic E-state index is 11.1. The van der Waals surface area contributed by atoms with E-state index in [9.17, 15) is 10.5 Å². The van der Waals surface area contributed by atoms with Crippen LogP contribution in [0.2, 0.25) is 0 Å². The van der Waals surface area contributed by atoms with Crippen LogP contribution < -0.4 is 4.90 Å². The van der Waals surface area contributed by atoms with E-state index < -0.39 is 0 Å². The predicted molar refractivity (Wildman–Crippen MR) is 216 cm³/mol. The monoisotopic (exact) mass is 666 g/mol. The van der Waals surface area contributed by atoms with E-state index in [1.807, 2.05) is 55.5 Å². The third-order valence-electron chi connectivity index (χ3n) is 9.72. The summed E-state index contributed by atoms with van der Waals surface area (Å²) in [5.41, 5.74) is 10.2. The molecule has 0 aliphatic carbocycles. The molecule has 0 radical (unpaired) electrons. The van der Waals surface area contributed by atoms with Crippen molar-refractivity contribution < 1.29 is 0 Å². The van der Waals surface area contributed by atoms with Crippen LogP contribution >= 0.6 is 0 Å². The van der Waals surface area contributed by atoms with E-state index in [2.05, 4.69) is 149 Å². The number of nitrogens with zero attached hydrogens (tertiary/aromatic N) is 4. The van der Waals surface area contributed by atoms with E-state index in [1.165, 1.54) is 0 Å². The molecule has 0 saturated heterocycles. The van der Waals surface area contributed by atoms with Gasteiger partial charge in [0.2, 0.25) is 0 Å². The first kappa shape index (κ1) is 32.1. The molecule has 0 aliphatic rings. The van der Waals surface area contributed by atoms with Crippen molar-refractivity contribution in [2.45, 2.75) is 13.3 Å². The first-order chi connectivity index (χ1) is 25.7. The quantitative estimate of drug-likeness (QED) is 0.120. The standard InChI is InChI=1S/C48H34N4/c1-34(44(33-50)46(21-12-32-49)52-45-20-11-10-19-43(45)48-42-18-9-8-17-39(42)26-31-47(48)52)51(40-27-22-37(23-28-40)35-13-4-2-5-14-35)41-29-24-38(25-30-41)36-15-6-3-7-16-36/h2-11,13-31H,12H2,1H3/b44-34+,46-21+. The second-order valence-corrected chi connectivity index (χ2v) is 12.7. The summed E-state index contributed by atoms with van der Waals surface area (Å²) in [5, 5.41) is 25.5. The molecule has 1 heterocycles. The summed E-state index contributed by atoms with van der Waals surface area (Å²) >= 11 is 0. The third-order valence-corrected chi connectivity index (χ3v) is 9.72. The van der Waals surface area contributed by atoms with E-state index in [0.717, 1.165) is 71.9 Å². The molecule has 8 rings (SSSR count). The average Bonchev–Trinajstić information content (AvgIpc) is 3.55. The van der Waals surface area contributed by atoms with Gasteiger partial charge < -0.3 is 9.47 Å². The fourth-order valence-electron chi connectivity index (χ4n) is 7.29. The number of para-hydroxylation sites is 1. The topological polar surface area (TPSA) is 55.8 Å². The number of nitriles is 2. The minimum atomic E-state index is 0.146. The van der Waals surface area contributed by atoms with Crippen LogP contribution in [0.1, 0.15) is 13.3 Å². The number of aromatic nitrogens is 1. The van der Waals surface area contributed by atoms with Crippen molar-refractivity contribution in [1.82, 2.24) is 4.57 Å². The minimum Gasteiger partial charge on any atom is -0.313 e. The second kappa shape index (κ2) is 14.0. The average molecular weight is 667 g/mol. The zero-order valence-corrected chi connectivity index (χ0v) is 28.7. The van der Waals surface area contributed by atoms with Gasteiger partial charge >= 0.3 is 0 Å². The van der Waals surface area contributed by atoms with Gasteiger partial charge in [-0.05, 0) is 82.4 Å². The number of benzene rings is 7. The molecule has 52 heavy (non-hydrogen) atoms. The summed E-state index contributed by atoms with van der Waals surface area (Å²) in [4.78, 5) is 2.14. The van der Waals surface area contributed by atoms with Crippen molar-refractivity contribution in [3.8, 4) is 34.4 Å². The number of hydrogen-bond donors (Lipinski definition) is 0. The molecule has 0 bridgehead atoms. The summed E-state index contributed by atoms with van der Waals surface area (Å²) in [7, 11) is 0. The van der Waals surface area contributed by atoms with Crippen molar-refractivity contribution in [2.24, 2.45) is 0 Å². The van der Waals surface area contributed by atoms with E-state index in [-0.39, 0.29) is 6.42 Å². The maximum atomic E-state index is 11.1. The van der Waals surface area contributed by atoms with Crippen molar-refractivity contribution in [1.29, 1.82) is 10.5 Å². The molecule has 4 nitrogen and oxygen atoms in total. The highest BCUT2D eigenvalue weighted by Gasteiger charge is 2.23. The summed E-state index contributed by atoms with van der Waals surface area (Å²) < 4.78 is 2.16. The van der Waals surface area contributed by atoms with Gasteiger partial charge in [0.05, 0.1) is 34.8 Å². The lowest BCUT2D eigenvalue weighted by molar-refractivity contribution is 1.11. The molecule has 0 fully saturated rings. The number of anilines is 2. The first-order valence-electron chi connectivity index (χ1n) is 17.4. The Morgan fingerprint density at radius 2 is 1.08 bits per heavy atom. The fourth-order valence-corrected chi connectivity index (χ4v) is 7.29. The van der Waals surface area contributed by atoms with Crippen LogP contribution in [0.3, 0.4) is 0 Å². The highest BCUT2D eigenvalue weighted by molar-refractivity contribution is 6.22. The van der Waals surface area contributed by atoms with E-state index >= 15 is 0 Å². The van der Waals surface area contributed by atoms with E-state index in [1.54, 1.807) is 0 Å². The Labute approximate surface area is 303 Å². The van der Waals surface area contributed by atoms with Crippen LogP contribution in [-0.2, 0) is 0 Å². The SMILES string of the molecule is C/C(=C(C#N)\C(=C/CC#N)n1c2ccccc2c2c3ccccc3ccc21)N(c1ccc(-c2ccccc2)cc1)c1ccc(-c2ccccc2)cc1. The van der Waals surface area contributed by atoms with Crippen molar-refractivity contribution in [3.05, 3.63) is 187 Å². The van der Waals surface area contributed by atoms with Crippen LogP contribution in [-0.4, -0.2) is 4.57 Å². The lowest BCUT2D eigenvalue weighted by Crippen LogP contribution is -2.17. The Kier molecular flexibility index (Phi) is 8.64. The van der Waals surface area contributed by atoms with Crippen molar-refractivity contribution >= 4 is 49.7 Å². The first-order valence-corrected chi connectivity index (χ1v) is 17.4. The number of fused-ring (bicyclic) bond motifs is 5. The van der Waals surface area contributed by atoms with Gasteiger partial charge in [0, 0.05) is 27.8 Å². The molecule has 1 aromatic heterocycles. The van der Waals surface area contributed by atoms with Gasteiger partial charge in [0.1, 0.15) is 6.07 Å². The molecule has 0 N–H and O–H groups in total. The van der Waals surface area contributed by atoms with Gasteiger partial charge in [0.15, 0.2) is 0 Å². The molecule has 0 aliphatic heterocycles. The van der Waals surface area contributed by atoms with Crippen LogP contribution in [0.15, 0.2) is 187 Å². The Hall–Kier alpha value is -7.14. The van der Waals surface area contributed by atoms with Gasteiger partial charge in [0.25, 0.3) is 0 Å². The highest BCUT2D eigenvalue weighted by Crippen LogP contribution is 2.41. The third kappa shape index (κ3) is 5.79. The van der Waals surface area contributed by atoms with E-state index in [0.29, 0.717) is 11.3 Å². The largest absolute Gasteiger partial charge is 0.313 e. The van der Waals surface area contributed by atoms with Crippen LogP contribution in [0.5, 0.6) is 0 Å². The molecule has 0 amide bonds. The molecule has 0 spiro atoms. The Morgan fingerprint density at radius 1 is 0.558 bits per heavy atom. The Morgan fingerprint density at radius 3 is 1.65 bits per heavy atom.